The van der Waals surface area contributed by atoms with Crippen molar-refractivity contribution in [2.45, 2.75) is 46.4 Å². The molecule has 5 nitrogen and oxygen atoms in total. The standard InChI is InChI=1S/C22H22N4OS3/c1-15(2)18-10-8-17(9-11-18)13-28-21-25-26-22(30-21)29-14-20-24-23-19(27-20)12-16-6-4-3-5-7-16/h3-11,15H,12-14H2,1-2H3. The Hall–Kier alpha value is -2.16. The van der Waals surface area contributed by atoms with Crippen molar-refractivity contribution >= 4 is 34.9 Å². The Morgan fingerprint density at radius 2 is 1.43 bits per heavy atom. The number of thioether (sulfide) groups is 2. The third kappa shape index (κ3) is 5.93. The summed E-state index contributed by atoms with van der Waals surface area (Å²) >= 11 is 4.89. The molecule has 2 heterocycles. The average Bonchev–Trinajstić information content (AvgIpc) is 3.41. The number of rotatable bonds is 9. The molecule has 0 aliphatic rings. The highest BCUT2D eigenvalue weighted by atomic mass is 32.2. The van der Waals surface area contributed by atoms with Crippen LogP contribution in [0.3, 0.4) is 0 Å². The van der Waals surface area contributed by atoms with E-state index in [0.29, 0.717) is 29.9 Å². The second-order valence-electron chi connectivity index (χ2n) is 7.06. The molecule has 154 valence electrons. The van der Waals surface area contributed by atoms with E-state index in [-0.39, 0.29) is 0 Å². The fourth-order valence-corrected chi connectivity index (χ4v) is 5.58. The van der Waals surface area contributed by atoms with Crippen LogP contribution in [0.25, 0.3) is 0 Å². The molecule has 0 aliphatic heterocycles. The van der Waals surface area contributed by atoms with Crippen LogP contribution in [-0.2, 0) is 17.9 Å². The van der Waals surface area contributed by atoms with Gasteiger partial charge in [-0.3, -0.25) is 0 Å². The summed E-state index contributed by atoms with van der Waals surface area (Å²) < 4.78 is 7.64. The Balaban J connectivity index is 1.25. The van der Waals surface area contributed by atoms with Crippen molar-refractivity contribution in [3.05, 3.63) is 83.1 Å². The number of nitrogens with zero attached hydrogens (tertiary/aromatic N) is 4. The van der Waals surface area contributed by atoms with Crippen molar-refractivity contribution < 1.29 is 4.42 Å². The lowest BCUT2D eigenvalue weighted by atomic mass is 10.0. The minimum absolute atomic E-state index is 0.558. The van der Waals surface area contributed by atoms with Gasteiger partial charge in [-0.05, 0) is 22.6 Å². The molecule has 0 saturated heterocycles. The van der Waals surface area contributed by atoms with Crippen LogP contribution in [0.15, 0.2) is 67.7 Å². The fourth-order valence-electron chi connectivity index (χ4n) is 2.77. The topological polar surface area (TPSA) is 64.7 Å². The normalized spacial score (nSPS) is 11.3. The molecule has 0 spiro atoms. The lowest BCUT2D eigenvalue weighted by Gasteiger charge is -2.05. The fraction of sp³-hybridized carbons (Fsp3) is 0.273. The monoisotopic (exact) mass is 454 g/mol. The first kappa shape index (κ1) is 21.1. The minimum atomic E-state index is 0.558. The highest BCUT2D eigenvalue weighted by molar-refractivity contribution is 8.02. The summed E-state index contributed by atoms with van der Waals surface area (Å²) in [5.74, 6) is 3.29. The van der Waals surface area contributed by atoms with E-state index < -0.39 is 0 Å². The van der Waals surface area contributed by atoms with E-state index >= 15 is 0 Å². The van der Waals surface area contributed by atoms with E-state index in [9.17, 15) is 0 Å². The van der Waals surface area contributed by atoms with Gasteiger partial charge in [-0.1, -0.05) is 103 Å². The molecule has 8 heteroatoms. The van der Waals surface area contributed by atoms with Gasteiger partial charge >= 0.3 is 0 Å². The Bertz CT molecular complexity index is 1060. The van der Waals surface area contributed by atoms with E-state index in [1.807, 2.05) is 18.2 Å². The maximum Gasteiger partial charge on any atom is 0.226 e. The first-order valence-electron chi connectivity index (χ1n) is 9.69. The smallest absolute Gasteiger partial charge is 0.226 e. The summed E-state index contributed by atoms with van der Waals surface area (Å²) in [6.45, 7) is 4.42. The van der Waals surface area contributed by atoms with Gasteiger partial charge in [0.05, 0.1) is 12.2 Å². The molecular formula is C22H22N4OS3. The van der Waals surface area contributed by atoms with Crippen LogP contribution < -0.4 is 0 Å². The summed E-state index contributed by atoms with van der Waals surface area (Å²) in [7, 11) is 0. The molecule has 0 saturated carbocycles. The van der Waals surface area contributed by atoms with Gasteiger partial charge in [0.25, 0.3) is 0 Å². The Kier molecular flexibility index (Phi) is 7.20. The Morgan fingerprint density at radius 3 is 2.13 bits per heavy atom. The van der Waals surface area contributed by atoms with E-state index in [1.54, 1.807) is 34.9 Å². The molecule has 0 fully saturated rings. The first-order chi connectivity index (χ1) is 14.7. The Labute approximate surface area is 188 Å². The molecule has 4 aromatic rings. The predicted molar refractivity (Wildman–Crippen MR) is 123 cm³/mol. The lowest BCUT2D eigenvalue weighted by Crippen LogP contribution is -1.87. The molecule has 0 radical (unpaired) electrons. The zero-order valence-electron chi connectivity index (χ0n) is 16.8. The molecule has 0 amide bonds. The van der Waals surface area contributed by atoms with Crippen LogP contribution in [0.5, 0.6) is 0 Å². The molecule has 0 atom stereocenters. The third-order valence-electron chi connectivity index (χ3n) is 4.42. The van der Waals surface area contributed by atoms with Gasteiger partial charge in [0, 0.05) is 5.75 Å². The zero-order chi connectivity index (χ0) is 20.8. The van der Waals surface area contributed by atoms with Crippen molar-refractivity contribution in [2.75, 3.05) is 0 Å². The number of benzene rings is 2. The molecule has 0 N–H and O–H groups in total. The molecule has 30 heavy (non-hydrogen) atoms. The van der Waals surface area contributed by atoms with Crippen LogP contribution in [-0.4, -0.2) is 20.4 Å². The van der Waals surface area contributed by atoms with E-state index in [1.165, 1.54) is 11.1 Å². The molecular weight excluding hydrogens is 432 g/mol. The van der Waals surface area contributed by atoms with Crippen molar-refractivity contribution in [2.24, 2.45) is 0 Å². The maximum absolute atomic E-state index is 5.76. The number of hydrogen-bond acceptors (Lipinski definition) is 8. The molecule has 0 aliphatic carbocycles. The second-order valence-corrected chi connectivity index (χ2v) is 10.5. The molecule has 0 unspecified atom stereocenters. The van der Waals surface area contributed by atoms with Gasteiger partial charge in [0.15, 0.2) is 8.68 Å². The van der Waals surface area contributed by atoms with Crippen LogP contribution >= 0.6 is 34.9 Å². The van der Waals surface area contributed by atoms with E-state index in [0.717, 1.165) is 20.0 Å². The van der Waals surface area contributed by atoms with Crippen molar-refractivity contribution in [3.8, 4) is 0 Å². The molecule has 0 bridgehead atoms. The van der Waals surface area contributed by atoms with Crippen LogP contribution in [0.1, 0.15) is 48.2 Å². The van der Waals surface area contributed by atoms with Gasteiger partial charge in [0.2, 0.25) is 11.8 Å². The summed E-state index contributed by atoms with van der Waals surface area (Å²) in [6.07, 6.45) is 0.649. The summed E-state index contributed by atoms with van der Waals surface area (Å²) in [5.41, 5.74) is 3.82. The molecule has 2 aromatic heterocycles. The summed E-state index contributed by atoms with van der Waals surface area (Å²) in [5, 5.41) is 16.9. The average molecular weight is 455 g/mol. The van der Waals surface area contributed by atoms with E-state index in [2.05, 4.69) is 70.6 Å². The maximum atomic E-state index is 5.76. The lowest BCUT2D eigenvalue weighted by molar-refractivity contribution is 0.474. The van der Waals surface area contributed by atoms with Gasteiger partial charge < -0.3 is 4.42 Å². The molecule has 2 aromatic carbocycles. The number of hydrogen-bond donors (Lipinski definition) is 0. The Morgan fingerprint density at radius 1 is 0.767 bits per heavy atom. The van der Waals surface area contributed by atoms with Crippen molar-refractivity contribution in [3.63, 3.8) is 0 Å². The van der Waals surface area contributed by atoms with Gasteiger partial charge in [0.1, 0.15) is 0 Å². The van der Waals surface area contributed by atoms with Gasteiger partial charge in [-0.15, -0.1) is 20.4 Å². The van der Waals surface area contributed by atoms with Gasteiger partial charge in [-0.2, -0.15) is 0 Å². The van der Waals surface area contributed by atoms with Crippen molar-refractivity contribution in [1.29, 1.82) is 0 Å². The van der Waals surface area contributed by atoms with Crippen LogP contribution in [0, 0.1) is 0 Å². The second kappa shape index (κ2) is 10.2. The van der Waals surface area contributed by atoms with Gasteiger partial charge in [-0.25, -0.2) is 0 Å². The number of aromatic nitrogens is 4. The highest BCUT2D eigenvalue weighted by Crippen LogP contribution is 2.32. The SMILES string of the molecule is CC(C)c1ccc(CSc2nnc(SCc3nnc(Cc4ccccc4)o3)s2)cc1. The summed E-state index contributed by atoms with van der Waals surface area (Å²) in [6, 6.07) is 18.9. The first-order valence-corrected chi connectivity index (χ1v) is 12.5. The third-order valence-corrected chi connectivity index (χ3v) is 7.67. The van der Waals surface area contributed by atoms with E-state index in [4.69, 9.17) is 4.42 Å². The zero-order valence-corrected chi connectivity index (χ0v) is 19.3. The van der Waals surface area contributed by atoms with Crippen LogP contribution in [0.2, 0.25) is 0 Å². The predicted octanol–water partition coefficient (Wildman–Crippen LogP) is 6.22. The largest absolute Gasteiger partial charge is 0.424 e. The highest BCUT2D eigenvalue weighted by Gasteiger charge is 2.11. The van der Waals surface area contributed by atoms with Crippen molar-refractivity contribution in [1.82, 2.24) is 20.4 Å². The minimum Gasteiger partial charge on any atom is -0.424 e. The van der Waals surface area contributed by atoms with Crippen LogP contribution in [0.4, 0.5) is 0 Å². The summed E-state index contributed by atoms with van der Waals surface area (Å²) in [4.78, 5) is 0. The molecule has 4 rings (SSSR count). The quantitative estimate of drug-likeness (QED) is 0.278.